The molecule has 144 valence electrons. The highest BCUT2D eigenvalue weighted by Gasteiger charge is 2.15. The van der Waals surface area contributed by atoms with Crippen molar-refractivity contribution in [2.24, 2.45) is 0 Å². The third kappa shape index (κ3) is 4.86. The SMILES string of the molecule is O=C(NCc1ccco1)Nc1ccc(NC(=O)c2cc(F)c(F)cc2Cl)cc1. The summed E-state index contributed by atoms with van der Waals surface area (Å²) in [4.78, 5) is 24.0. The van der Waals surface area contributed by atoms with Crippen molar-refractivity contribution in [1.82, 2.24) is 5.32 Å². The van der Waals surface area contributed by atoms with Crippen molar-refractivity contribution in [1.29, 1.82) is 0 Å². The first-order valence-electron chi connectivity index (χ1n) is 8.05. The van der Waals surface area contributed by atoms with E-state index < -0.39 is 23.6 Å². The van der Waals surface area contributed by atoms with Crippen LogP contribution in [0.2, 0.25) is 5.02 Å². The highest BCUT2D eigenvalue weighted by Crippen LogP contribution is 2.22. The summed E-state index contributed by atoms with van der Waals surface area (Å²) in [5, 5.41) is 7.56. The molecule has 0 bridgehead atoms. The van der Waals surface area contributed by atoms with Crippen LogP contribution in [0.1, 0.15) is 16.1 Å². The normalized spacial score (nSPS) is 10.4. The van der Waals surface area contributed by atoms with Crippen LogP contribution < -0.4 is 16.0 Å². The molecule has 1 heterocycles. The fourth-order valence-electron chi connectivity index (χ4n) is 2.29. The minimum absolute atomic E-state index is 0.194. The summed E-state index contributed by atoms with van der Waals surface area (Å²) >= 11 is 5.78. The van der Waals surface area contributed by atoms with Gasteiger partial charge in [-0.15, -0.1) is 0 Å². The first kappa shape index (κ1) is 19.4. The van der Waals surface area contributed by atoms with Gasteiger partial charge in [0, 0.05) is 11.4 Å². The lowest BCUT2D eigenvalue weighted by atomic mass is 10.2. The maximum Gasteiger partial charge on any atom is 0.319 e. The third-order valence-corrected chi connectivity index (χ3v) is 3.97. The molecule has 3 rings (SSSR count). The molecule has 0 fully saturated rings. The molecule has 28 heavy (non-hydrogen) atoms. The second-order valence-electron chi connectivity index (χ2n) is 5.66. The minimum Gasteiger partial charge on any atom is -0.467 e. The van der Waals surface area contributed by atoms with Gasteiger partial charge in [-0.3, -0.25) is 4.79 Å². The van der Waals surface area contributed by atoms with E-state index in [0.29, 0.717) is 17.1 Å². The first-order valence-corrected chi connectivity index (χ1v) is 8.43. The molecule has 3 aromatic rings. The van der Waals surface area contributed by atoms with Crippen molar-refractivity contribution in [3.8, 4) is 0 Å². The molecule has 0 aliphatic heterocycles. The molecule has 2 aromatic carbocycles. The van der Waals surface area contributed by atoms with Crippen LogP contribution >= 0.6 is 11.6 Å². The Morgan fingerprint density at radius 1 is 0.964 bits per heavy atom. The highest BCUT2D eigenvalue weighted by molar-refractivity contribution is 6.34. The van der Waals surface area contributed by atoms with E-state index in [1.807, 2.05) is 0 Å². The maximum absolute atomic E-state index is 13.3. The van der Waals surface area contributed by atoms with Gasteiger partial charge in [-0.25, -0.2) is 13.6 Å². The van der Waals surface area contributed by atoms with Gasteiger partial charge in [-0.2, -0.15) is 0 Å². The van der Waals surface area contributed by atoms with Crippen molar-refractivity contribution >= 4 is 34.9 Å². The van der Waals surface area contributed by atoms with Gasteiger partial charge in [0.05, 0.1) is 23.4 Å². The van der Waals surface area contributed by atoms with E-state index in [1.54, 1.807) is 24.3 Å². The molecule has 9 heteroatoms. The van der Waals surface area contributed by atoms with Gasteiger partial charge >= 0.3 is 6.03 Å². The predicted molar refractivity (Wildman–Crippen MR) is 100 cm³/mol. The molecule has 1 aromatic heterocycles. The van der Waals surface area contributed by atoms with Crippen molar-refractivity contribution in [3.63, 3.8) is 0 Å². The second kappa shape index (κ2) is 8.53. The Bertz CT molecular complexity index is 992. The second-order valence-corrected chi connectivity index (χ2v) is 6.07. The monoisotopic (exact) mass is 405 g/mol. The van der Waals surface area contributed by atoms with Gasteiger partial charge in [-0.1, -0.05) is 11.6 Å². The molecule has 0 radical (unpaired) electrons. The van der Waals surface area contributed by atoms with Crippen LogP contribution in [-0.2, 0) is 6.54 Å². The van der Waals surface area contributed by atoms with Crippen LogP contribution in [0.25, 0.3) is 0 Å². The molecular formula is C19H14ClF2N3O3. The van der Waals surface area contributed by atoms with E-state index >= 15 is 0 Å². The maximum atomic E-state index is 13.3. The Morgan fingerprint density at radius 3 is 2.25 bits per heavy atom. The predicted octanol–water partition coefficient (Wildman–Crippen LogP) is 4.79. The van der Waals surface area contributed by atoms with Crippen molar-refractivity contribution in [2.75, 3.05) is 10.6 Å². The Balaban J connectivity index is 1.57. The van der Waals surface area contributed by atoms with Gasteiger partial charge in [0.25, 0.3) is 5.91 Å². The first-order chi connectivity index (χ1) is 13.4. The van der Waals surface area contributed by atoms with Gasteiger partial charge in [0.2, 0.25) is 0 Å². The number of hydrogen-bond acceptors (Lipinski definition) is 3. The number of amides is 3. The quantitative estimate of drug-likeness (QED) is 0.534. The van der Waals surface area contributed by atoms with E-state index in [4.69, 9.17) is 16.0 Å². The Labute approximate surface area is 163 Å². The summed E-state index contributed by atoms with van der Waals surface area (Å²) in [7, 11) is 0. The molecule has 0 saturated carbocycles. The zero-order chi connectivity index (χ0) is 20.1. The van der Waals surface area contributed by atoms with E-state index in [0.717, 1.165) is 12.1 Å². The van der Waals surface area contributed by atoms with Crippen LogP contribution in [0.4, 0.5) is 25.0 Å². The number of carbonyl (C=O) groups excluding carboxylic acids is 2. The topological polar surface area (TPSA) is 83.4 Å². The fourth-order valence-corrected chi connectivity index (χ4v) is 2.52. The van der Waals surface area contributed by atoms with Gasteiger partial charge in [-0.05, 0) is 48.5 Å². The molecule has 6 nitrogen and oxygen atoms in total. The third-order valence-electron chi connectivity index (χ3n) is 3.66. The van der Waals surface area contributed by atoms with Crippen LogP contribution in [0.15, 0.2) is 59.2 Å². The molecule has 0 aliphatic carbocycles. The lowest BCUT2D eigenvalue weighted by Gasteiger charge is -2.09. The number of hydrogen-bond donors (Lipinski definition) is 3. The number of halogens is 3. The average Bonchev–Trinajstić information content (AvgIpc) is 3.18. The standard InChI is InChI=1S/C19H14ClF2N3O3/c20-15-9-17(22)16(21)8-14(15)18(26)24-11-3-5-12(6-4-11)25-19(27)23-10-13-2-1-7-28-13/h1-9H,10H2,(H,24,26)(H2,23,25,27). The summed E-state index contributed by atoms with van der Waals surface area (Å²) in [6.45, 7) is 0.238. The highest BCUT2D eigenvalue weighted by atomic mass is 35.5. The van der Waals surface area contributed by atoms with E-state index in [9.17, 15) is 18.4 Å². The molecule has 3 N–H and O–H groups in total. The van der Waals surface area contributed by atoms with Crippen molar-refractivity contribution < 1.29 is 22.8 Å². The average molecular weight is 406 g/mol. The van der Waals surface area contributed by atoms with Crippen LogP contribution in [0.3, 0.4) is 0 Å². The van der Waals surface area contributed by atoms with E-state index in [2.05, 4.69) is 16.0 Å². The summed E-state index contributed by atoms with van der Waals surface area (Å²) in [6.07, 6.45) is 1.51. The molecule has 0 aliphatic rings. The minimum atomic E-state index is -1.17. The summed E-state index contributed by atoms with van der Waals surface area (Å²) in [6, 6.07) is 10.7. The molecule has 0 atom stereocenters. The number of urea groups is 1. The van der Waals surface area contributed by atoms with Crippen LogP contribution in [-0.4, -0.2) is 11.9 Å². The zero-order valence-electron chi connectivity index (χ0n) is 14.3. The van der Waals surface area contributed by atoms with E-state index in [-0.39, 0.29) is 17.1 Å². The molecule has 0 unspecified atom stereocenters. The molecule has 3 amide bonds. The molecule has 0 spiro atoms. The smallest absolute Gasteiger partial charge is 0.319 e. The molecule has 0 saturated heterocycles. The van der Waals surface area contributed by atoms with Gasteiger partial charge < -0.3 is 20.4 Å². The number of benzene rings is 2. The van der Waals surface area contributed by atoms with Crippen LogP contribution in [0.5, 0.6) is 0 Å². The summed E-state index contributed by atoms with van der Waals surface area (Å²) in [5.41, 5.74) is 0.674. The van der Waals surface area contributed by atoms with Crippen molar-refractivity contribution in [3.05, 3.63) is 82.8 Å². The lowest BCUT2D eigenvalue weighted by Crippen LogP contribution is -2.27. The summed E-state index contributed by atoms with van der Waals surface area (Å²) < 4.78 is 31.5. The van der Waals surface area contributed by atoms with Gasteiger partial charge in [0.15, 0.2) is 11.6 Å². The van der Waals surface area contributed by atoms with Gasteiger partial charge in [0.1, 0.15) is 5.76 Å². The fraction of sp³-hybridized carbons (Fsp3) is 0.0526. The largest absolute Gasteiger partial charge is 0.467 e. The number of nitrogens with one attached hydrogen (secondary N) is 3. The number of carbonyl (C=O) groups is 2. The zero-order valence-corrected chi connectivity index (χ0v) is 15.0. The number of anilines is 2. The van der Waals surface area contributed by atoms with E-state index in [1.165, 1.54) is 18.4 Å². The van der Waals surface area contributed by atoms with Crippen molar-refractivity contribution in [2.45, 2.75) is 6.54 Å². The summed E-state index contributed by atoms with van der Waals surface area (Å²) in [5.74, 6) is -2.39. The lowest BCUT2D eigenvalue weighted by molar-refractivity contribution is 0.102. The van der Waals surface area contributed by atoms with Crippen LogP contribution in [0, 0.1) is 11.6 Å². The Kier molecular flexibility index (Phi) is 5.90. The Hall–Kier alpha value is -3.39. The Morgan fingerprint density at radius 2 is 1.61 bits per heavy atom. The molecular weight excluding hydrogens is 392 g/mol. The number of rotatable bonds is 5. The number of furan rings is 1.